The molecule has 0 aliphatic carbocycles. The van der Waals surface area contributed by atoms with Gasteiger partial charge in [-0.2, -0.15) is 0 Å². The zero-order valence-corrected chi connectivity index (χ0v) is 17.5. The van der Waals surface area contributed by atoms with Crippen molar-refractivity contribution in [1.82, 2.24) is 4.90 Å². The second-order valence-electron chi connectivity index (χ2n) is 7.73. The molecule has 10 heteroatoms. The number of nitro benzene ring substituents is 2. The smallest absolute Gasteiger partial charge is 0.311 e. The lowest BCUT2D eigenvalue weighted by atomic mass is 9.99. The van der Waals surface area contributed by atoms with Gasteiger partial charge in [0.25, 0.3) is 11.4 Å². The first-order chi connectivity index (χ1) is 15.8. The molecular weight excluding hydrogens is 430 g/mol. The first-order valence-electron chi connectivity index (χ1n) is 10.1. The molecular formula is C23H19N3O7. The molecule has 2 bridgehead atoms. The van der Waals surface area contributed by atoms with E-state index in [1.54, 1.807) is 41.3 Å². The molecule has 33 heavy (non-hydrogen) atoms. The summed E-state index contributed by atoms with van der Waals surface area (Å²) in [6, 6.07) is 10.7. The Bertz CT molecular complexity index is 1200. The van der Waals surface area contributed by atoms with Crippen LogP contribution in [0.25, 0.3) is 11.8 Å². The number of carbonyl (C=O) groups is 2. The van der Waals surface area contributed by atoms with Gasteiger partial charge in [-0.1, -0.05) is 18.2 Å². The molecule has 0 saturated carbocycles. The zero-order valence-electron chi connectivity index (χ0n) is 17.5. The monoisotopic (exact) mass is 449 g/mol. The van der Waals surface area contributed by atoms with Gasteiger partial charge in [0.2, 0.25) is 0 Å². The second kappa shape index (κ2) is 8.65. The molecule has 4 rings (SSSR count). The average molecular weight is 449 g/mol. The Morgan fingerprint density at radius 2 is 1.79 bits per heavy atom. The summed E-state index contributed by atoms with van der Waals surface area (Å²) in [7, 11) is 1.29. The van der Waals surface area contributed by atoms with Crippen molar-refractivity contribution in [2.45, 2.75) is 18.5 Å². The molecule has 2 aliphatic rings. The molecule has 2 aromatic rings. The molecule has 2 aliphatic heterocycles. The molecule has 2 aromatic carbocycles. The van der Waals surface area contributed by atoms with E-state index < -0.39 is 33.8 Å². The van der Waals surface area contributed by atoms with Crippen LogP contribution in [0.1, 0.15) is 17.5 Å². The fourth-order valence-electron chi connectivity index (χ4n) is 4.34. The maximum absolute atomic E-state index is 12.7. The Balaban J connectivity index is 1.86. The first kappa shape index (κ1) is 21.9. The Kier molecular flexibility index (Phi) is 5.74. The molecule has 0 amide bonds. The van der Waals surface area contributed by atoms with E-state index >= 15 is 0 Å². The first-order valence-corrected chi connectivity index (χ1v) is 10.1. The third-order valence-corrected chi connectivity index (χ3v) is 5.87. The van der Waals surface area contributed by atoms with Crippen LogP contribution in [0.15, 0.2) is 60.7 Å². The van der Waals surface area contributed by atoms with E-state index in [2.05, 4.69) is 0 Å². The van der Waals surface area contributed by atoms with Crippen LogP contribution < -0.4 is 0 Å². The highest BCUT2D eigenvalue weighted by molar-refractivity contribution is 5.99. The van der Waals surface area contributed by atoms with Crippen LogP contribution in [0.5, 0.6) is 0 Å². The predicted octanol–water partition coefficient (Wildman–Crippen LogP) is 3.37. The van der Waals surface area contributed by atoms with Crippen molar-refractivity contribution in [3.05, 3.63) is 92.0 Å². The Labute approximate surface area is 188 Å². The molecule has 0 spiro atoms. The number of benzene rings is 2. The van der Waals surface area contributed by atoms with Crippen LogP contribution in [0, 0.1) is 26.1 Å². The van der Waals surface area contributed by atoms with Crippen molar-refractivity contribution >= 4 is 34.9 Å². The van der Waals surface area contributed by atoms with Gasteiger partial charge in [0.05, 0.1) is 35.0 Å². The predicted molar refractivity (Wildman–Crippen MR) is 118 cm³/mol. The number of esters is 1. The molecule has 168 valence electrons. The number of methoxy groups -OCH3 is 1. The topological polar surface area (TPSA) is 133 Å². The van der Waals surface area contributed by atoms with Gasteiger partial charge < -0.3 is 9.64 Å². The fraction of sp³-hybridized carbons (Fsp3) is 0.217. The fourth-order valence-corrected chi connectivity index (χ4v) is 4.34. The van der Waals surface area contributed by atoms with Crippen LogP contribution >= 0.6 is 0 Å². The van der Waals surface area contributed by atoms with Gasteiger partial charge in [0.15, 0.2) is 5.78 Å². The second-order valence-corrected chi connectivity index (χ2v) is 7.73. The van der Waals surface area contributed by atoms with Gasteiger partial charge in [-0.25, -0.2) is 0 Å². The van der Waals surface area contributed by atoms with Gasteiger partial charge in [-0.3, -0.25) is 29.8 Å². The number of nitro groups is 2. The lowest BCUT2D eigenvalue weighted by Gasteiger charge is -2.35. The normalized spacial score (nSPS) is 21.7. The summed E-state index contributed by atoms with van der Waals surface area (Å²) in [5, 5.41) is 22.3. The van der Waals surface area contributed by atoms with Crippen LogP contribution in [0.4, 0.5) is 11.4 Å². The number of carbonyl (C=O) groups excluding carboxylic acids is 2. The summed E-state index contributed by atoms with van der Waals surface area (Å²) >= 11 is 0. The minimum Gasteiger partial charge on any atom is -0.469 e. The minimum absolute atomic E-state index is 0.0986. The van der Waals surface area contributed by atoms with Crippen LogP contribution in [-0.4, -0.2) is 45.7 Å². The van der Waals surface area contributed by atoms with Crippen LogP contribution in [0.3, 0.4) is 0 Å². The number of ketones is 1. The SMILES string of the molecule is COC(=O)[C@@H]1CC2C(=O)C=CC1N2/C(=C/c1cccc([N+](=O)[O-])c1)c1ccc([N+](=O)[O-])cc1. The van der Waals surface area contributed by atoms with Gasteiger partial charge in [0, 0.05) is 30.0 Å². The van der Waals surface area contributed by atoms with E-state index in [1.165, 1.54) is 37.5 Å². The third kappa shape index (κ3) is 4.10. The number of hydrogen-bond donors (Lipinski definition) is 0. The lowest BCUT2D eigenvalue weighted by Crippen LogP contribution is -2.42. The molecule has 1 saturated heterocycles. The Hall–Kier alpha value is -4.34. The number of rotatable bonds is 6. The molecule has 2 heterocycles. The Morgan fingerprint density at radius 1 is 1.09 bits per heavy atom. The molecule has 10 nitrogen and oxygen atoms in total. The van der Waals surface area contributed by atoms with E-state index in [1.807, 2.05) is 0 Å². The van der Waals surface area contributed by atoms with Crippen LogP contribution in [0.2, 0.25) is 0 Å². The van der Waals surface area contributed by atoms with Crippen molar-refractivity contribution in [2.75, 3.05) is 7.11 Å². The highest BCUT2D eigenvalue weighted by Crippen LogP contribution is 2.42. The molecule has 1 fully saturated rings. The zero-order chi connectivity index (χ0) is 23.7. The van der Waals surface area contributed by atoms with Crippen molar-refractivity contribution in [1.29, 1.82) is 0 Å². The van der Waals surface area contributed by atoms with Crippen LogP contribution in [-0.2, 0) is 14.3 Å². The number of fused-ring (bicyclic) bond motifs is 2. The van der Waals surface area contributed by atoms with Crippen molar-refractivity contribution < 1.29 is 24.2 Å². The highest BCUT2D eigenvalue weighted by Gasteiger charge is 2.49. The Morgan fingerprint density at radius 3 is 2.42 bits per heavy atom. The molecule has 0 aromatic heterocycles. The van der Waals surface area contributed by atoms with E-state index in [4.69, 9.17) is 4.74 Å². The number of nitrogens with zero attached hydrogens (tertiary/aromatic N) is 3. The maximum Gasteiger partial charge on any atom is 0.311 e. The molecule has 2 unspecified atom stereocenters. The quantitative estimate of drug-likeness (QED) is 0.284. The lowest BCUT2D eigenvalue weighted by molar-refractivity contribution is -0.385. The highest BCUT2D eigenvalue weighted by atomic mass is 16.6. The summed E-state index contributed by atoms with van der Waals surface area (Å²) in [4.78, 5) is 48.2. The summed E-state index contributed by atoms with van der Waals surface area (Å²) in [6.07, 6.45) is 5.04. The largest absolute Gasteiger partial charge is 0.469 e. The van der Waals surface area contributed by atoms with E-state index in [0.29, 0.717) is 16.8 Å². The number of ether oxygens (including phenoxy) is 1. The van der Waals surface area contributed by atoms with Gasteiger partial charge in [-0.05, 0) is 41.8 Å². The average Bonchev–Trinajstić information content (AvgIpc) is 3.11. The molecule has 0 radical (unpaired) electrons. The molecule has 0 N–H and O–H groups in total. The van der Waals surface area contributed by atoms with E-state index in [9.17, 15) is 29.8 Å². The van der Waals surface area contributed by atoms with Gasteiger partial charge >= 0.3 is 5.97 Å². The third-order valence-electron chi connectivity index (χ3n) is 5.87. The summed E-state index contributed by atoms with van der Waals surface area (Å²) < 4.78 is 4.93. The number of non-ortho nitro benzene ring substituents is 2. The van der Waals surface area contributed by atoms with Crippen molar-refractivity contribution in [3.63, 3.8) is 0 Å². The summed E-state index contributed by atoms with van der Waals surface area (Å²) in [5.41, 5.74) is 1.39. The van der Waals surface area contributed by atoms with Crippen molar-refractivity contribution in [3.8, 4) is 0 Å². The standard InChI is InChI=1S/C23H19N3O7/c1-33-23(28)18-13-21-22(27)10-9-19(18)24(21)20(15-5-7-16(8-6-15)25(29)30)12-14-3-2-4-17(11-14)26(31)32/h2-12,18-19,21H,13H2,1H3/b20-12+/t18-,19?,21?/m1/s1. The number of hydrogen-bond acceptors (Lipinski definition) is 8. The van der Waals surface area contributed by atoms with Gasteiger partial charge in [0.1, 0.15) is 0 Å². The molecule has 3 atom stereocenters. The summed E-state index contributed by atoms with van der Waals surface area (Å²) in [5.74, 6) is -1.19. The van der Waals surface area contributed by atoms with Crippen molar-refractivity contribution in [2.24, 2.45) is 5.92 Å². The van der Waals surface area contributed by atoms with E-state index in [-0.39, 0.29) is 23.6 Å². The van der Waals surface area contributed by atoms with E-state index in [0.717, 1.165) is 0 Å². The summed E-state index contributed by atoms with van der Waals surface area (Å²) in [6.45, 7) is 0. The minimum atomic E-state index is -0.635. The van der Waals surface area contributed by atoms with Gasteiger partial charge in [-0.15, -0.1) is 0 Å². The maximum atomic E-state index is 12.7.